The molecule has 0 fully saturated rings. The van der Waals surface area contributed by atoms with E-state index in [0.29, 0.717) is 16.4 Å². The molecule has 2 N–H and O–H groups in total. The van der Waals surface area contributed by atoms with Gasteiger partial charge in [0.1, 0.15) is 0 Å². The fraction of sp³-hybridized carbons (Fsp3) is 0.167. The van der Waals surface area contributed by atoms with Crippen LogP contribution in [0.2, 0.25) is 0 Å². The molecule has 0 spiro atoms. The first kappa shape index (κ1) is 17.6. The Hall–Kier alpha value is -2.78. The summed E-state index contributed by atoms with van der Waals surface area (Å²) in [5, 5.41) is 14.6. The largest absolute Gasteiger partial charge is 0.322 e. The lowest BCUT2D eigenvalue weighted by molar-refractivity contribution is 0.102. The number of amides is 1. The van der Waals surface area contributed by atoms with Gasteiger partial charge in [0.2, 0.25) is 0 Å². The standard InChI is InChI=1S/C18H18N4OS/c1-12-6-4-9-16(13(12)2)22-17(23)14-7-5-8-15(10-14)21-18(24-3)20-11-19/h4-10H,1-3H3,(H,20,21)(H,22,23). The second kappa shape index (κ2) is 8.18. The molecule has 2 aromatic rings. The Morgan fingerprint density at radius 2 is 1.96 bits per heavy atom. The van der Waals surface area contributed by atoms with E-state index in [1.807, 2.05) is 44.5 Å². The van der Waals surface area contributed by atoms with Gasteiger partial charge in [-0.05, 0) is 55.5 Å². The van der Waals surface area contributed by atoms with Crippen molar-refractivity contribution in [3.8, 4) is 6.19 Å². The van der Waals surface area contributed by atoms with E-state index in [1.165, 1.54) is 11.8 Å². The van der Waals surface area contributed by atoms with Crippen molar-refractivity contribution in [1.29, 1.82) is 5.26 Å². The second-order valence-corrected chi connectivity index (χ2v) is 5.90. The number of amidine groups is 1. The molecule has 5 nitrogen and oxygen atoms in total. The van der Waals surface area contributed by atoms with Gasteiger partial charge in [0.05, 0.1) is 5.69 Å². The molecular formula is C18H18N4OS. The highest BCUT2D eigenvalue weighted by atomic mass is 32.2. The van der Waals surface area contributed by atoms with Gasteiger partial charge in [-0.3, -0.25) is 10.1 Å². The highest BCUT2D eigenvalue weighted by molar-refractivity contribution is 8.13. The summed E-state index contributed by atoms with van der Waals surface area (Å²) in [6.07, 6.45) is 3.66. The van der Waals surface area contributed by atoms with Crippen molar-refractivity contribution < 1.29 is 4.79 Å². The average Bonchev–Trinajstić information content (AvgIpc) is 2.58. The van der Waals surface area contributed by atoms with Crippen LogP contribution in [0.25, 0.3) is 0 Å². The summed E-state index contributed by atoms with van der Waals surface area (Å²) in [6, 6.07) is 12.8. The van der Waals surface area contributed by atoms with Crippen molar-refractivity contribution >= 4 is 34.2 Å². The van der Waals surface area contributed by atoms with Gasteiger partial charge in [-0.1, -0.05) is 30.0 Å². The molecule has 0 aliphatic heterocycles. The topological polar surface area (TPSA) is 77.3 Å². The Bertz CT molecular complexity index is 824. The molecule has 1 amide bonds. The average molecular weight is 338 g/mol. The van der Waals surface area contributed by atoms with Gasteiger partial charge in [0.15, 0.2) is 11.4 Å². The van der Waals surface area contributed by atoms with E-state index >= 15 is 0 Å². The number of hydrogen-bond donors (Lipinski definition) is 2. The number of benzene rings is 2. The van der Waals surface area contributed by atoms with E-state index in [-0.39, 0.29) is 5.91 Å². The number of hydrogen-bond acceptors (Lipinski definition) is 4. The molecule has 0 radical (unpaired) electrons. The van der Waals surface area contributed by atoms with E-state index in [2.05, 4.69) is 15.6 Å². The molecule has 6 heteroatoms. The maximum atomic E-state index is 12.5. The Balaban J connectivity index is 2.23. The zero-order valence-corrected chi connectivity index (χ0v) is 14.6. The van der Waals surface area contributed by atoms with Crippen LogP contribution in [0.1, 0.15) is 21.5 Å². The molecule has 0 atom stereocenters. The lowest BCUT2D eigenvalue weighted by atomic mass is 10.1. The highest BCUT2D eigenvalue weighted by Gasteiger charge is 2.09. The van der Waals surface area contributed by atoms with Gasteiger partial charge >= 0.3 is 0 Å². The number of aryl methyl sites for hydroxylation is 1. The van der Waals surface area contributed by atoms with Gasteiger partial charge < -0.3 is 5.32 Å². The van der Waals surface area contributed by atoms with Crippen molar-refractivity contribution in [3.05, 3.63) is 59.2 Å². The highest BCUT2D eigenvalue weighted by Crippen LogP contribution is 2.20. The first-order valence-electron chi connectivity index (χ1n) is 7.30. The van der Waals surface area contributed by atoms with Crippen LogP contribution in [-0.2, 0) is 0 Å². The van der Waals surface area contributed by atoms with Crippen LogP contribution in [0.4, 0.5) is 11.4 Å². The molecule has 122 valence electrons. The molecule has 0 saturated carbocycles. The Morgan fingerprint density at radius 3 is 2.67 bits per heavy atom. The molecule has 0 heterocycles. The summed E-state index contributed by atoms with van der Waals surface area (Å²) in [6.45, 7) is 3.98. The molecule has 24 heavy (non-hydrogen) atoms. The van der Waals surface area contributed by atoms with Crippen molar-refractivity contribution in [2.24, 2.45) is 4.99 Å². The van der Waals surface area contributed by atoms with E-state index in [1.54, 1.807) is 24.3 Å². The summed E-state index contributed by atoms with van der Waals surface area (Å²) >= 11 is 1.33. The number of anilines is 1. The van der Waals surface area contributed by atoms with Crippen molar-refractivity contribution in [1.82, 2.24) is 5.32 Å². The minimum absolute atomic E-state index is 0.195. The van der Waals surface area contributed by atoms with Gasteiger partial charge in [-0.2, -0.15) is 5.26 Å². The third-order valence-electron chi connectivity index (χ3n) is 3.55. The molecule has 2 rings (SSSR count). The van der Waals surface area contributed by atoms with Gasteiger partial charge in [-0.25, -0.2) is 4.99 Å². The van der Waals surface area contributed by atoms with Crippen LogP contribution in [0.15, 0.2) is 47.5 Å². The number of rotatable bonds is 3. The third kappa shape index (κ3) is 4.37. The van der Waals surface area contributed by atoms with Crippen LogP contribution < -0.4 is 10.6 Å². The molecule has 0 aliphatic rings. The lowest BCUT2D eigenvalue weighted by Crippen LogP contribution is -2.13. The Morgan fingerprint density at radius 1 is 1.21 bits per heavy atom. The number of nitrogens with one attached hydrogen (secondary N) is 2. The summed E-state index contributed by atoms with van der Waals surface area (Å²) in [5.74, 6) is -0.195. The predicted octanol–water partition coefficient (Wildman–Crippen LogP) is 3.98. The fourth-order valence-electron chi connectivity index (χ4n) is 2.09. The maximum absolute atomic E-state index is 12.5. The minimum Gasteiger partial charge on any atom is -0.322 e. The number of aliphatic imine (C=N–C) groups is 1. The van der Waals surface area contributed by atoms with Crippen LogP contribution in [-0.4, -0.2) is 17.3 Å². The molecule has 2 aromatic carbocycles. The van der Waals surface area contributed by atoms with Crippen LogP contribution in [0.5, 0.6) is 0 Å². The number of thioether (sulfide) groups is 1. The van der Waals surface area contributed by atoms with Crippen LogP contribution in [0, 0.1) is 25.3 Å². The quantitative estimate of drug-likeness (QED) is 0.384. The zero-order chi connectivity index (χ0) is 17.5. The van der Waals surface area contributed by atoms with E-state index in [9.17, 15) is 4.79 Å². The first-order chi connectivity index (χ1) is 11.5. The number of nitrogens with zero attached hydrogens (tertiary/aromatic N) is 2. The summed E-state index contributed by atoms with van der Waals surface area (Å²) in [7, 11) is 0. The summed E-state index contributed by atoms with van der Waals surface area (Å²) < 4.78 is 0. The van der Waals surface area contributed by atoms with Gasteiger partial charge in [0, 0.05) is 11.3 Å². The molecular weight excluding hydrogens is 320 g/mol. The van der Waals surface area contributed by atoms with Crippen molar-refractivity contribution in [3.63, 3.8) is 0 Å². The summed E-state index contributed by atoms with van der Waals surface area (Å²) in [4.78, 5) is 16.8. The van der Waals surface area contributed by atoms with Crippen molar-refractivity contribution in [2.75, 3.05) is 11.6 Å². The van der Waals surface area contributed by atoms with E-state index in [0.717, 1.165) is 16.8 Å². The second-order valence-electron chi connectivity index (χ2n) is 5.11. The monoisotopic (exact) mass is 338 g/mol. The Labute approximate surface area is 145 Å². The smallest absolute Gasteiger partial charge is 0.255 e. The van der Waals surface area contributed by atoms with E-state index in [4.69, 9.17) is 5.26 Å². The fourth-order valence-corrected chi connectivity index (χ4v) is 2.43. The van der Waals surface area contributed by atoms with Gasteiger partial charge in [0.25, 0.3) is 5.91 Å². The normalized spacial score (nSPS) is 10.8. The SMILES string of the molecule is CSC(=Nc1cccc(C(=O)Nc2cccc(C)c2C)c1)NC#N. The predicted molar refractivity (Wildman–Crippen MR) is 99.7 cm³/mol. The molecule has 0 saturated heterocycles. The van der Waals surface area contributed by atoms with Crippen LogP contribution >= 0.6 is 11.8 Å². The first-order valence-corrected chi connectivity index (χ1v) is 8.53. The van der Waals surface area contributed by atoms with E-state index < -0.39 is 0 Å². The maximum Gasteiger partial charge on any atom is 0.255 e. The number of carbonyl (C=O) groups excluding carboxylic acids is 1. The molecule has 0 unspecified atom stereocenters. The molecule has 0 bridgehead atoms. The lowest BCUT2D eigenvalue weighted by Gasteiger charge is -2.10. The van der Waals surface area contributed by atoms with Crippen molar-refractivity contribution in [2.45, 2.75) is 13.8 Å². The zero-order valence-electron chi connectivity index (χ0n) is 13.8. The van der Waals surface area contributed by atoms with Gasteiger partial charge in [-0.15, -0.1) is 0 Å². The number of nitriles is 1. The minimum atomic E-state index is -0.195. The molecule has 0 aromatic heterocycles. The Kier molecular flexibility index (Phi) is 5.99. The third-order valence-corrected chi connectivity index (χ3v) is 4.13. The summed E-state index contributed by atoms with van der Waals surface area (Å²) in [5.41, 5.74) is 4.08. The number of carbonyl (C=O) groups is 1. The van der Waals surface area contributed by atoms with Crippen LogP contribution in [0.3, 0.4) is 0 Å². The molecule has 0 aliphatic carbocycles.